The summed E-state index contributed by atoms with van der Waals surface area (Å²) in [5, 5.41) is 2.70. The van der Waals surface area contributed by atoms with E-state index in [0.29, 0.717) is 32.1 Å². The number of amides is 2. The van der Waals surface area contributed by atoms with Gasteiger partial charge in [0.25, 0.3) is 0 Å². The van der Waals surface area contributed by atoms with Crippen LogP contribution in [0, 0.1) is 0 Å². The summed E-state index contributed by atoms with van der Waals surface area (Å²) < 4.78 is 6.06. The van der Waals surface area contributed by atoms with Crippen molar-refractivity contribution in [2.45, 2.75) is 0 Å². The number of anilines is 1. The van der Waals surface area contributed by atoms with Crippen LogP contribution >= 0.6 is 15.9 Å². The van der Waals surface area contributed by atoms with Gasteiger partial charge in [-0.15, -0.1) is 0 Å². The Hall–Kier alpha value is -1.51. The number of halogens is 1. The van der Waals surface area contributed by atoms with Crippen LogP contribution in [0.25, 0.3) is 0 Å². The van der Waals surface area contributed by atoms with E-state index in [1.807, 2.05) is 0 Å². The van der Waals surface area contributed by atoms with Crippen molar-refractivity contribution in [1.29, 1.82) is 0 Å². The molecule has 1 N–H and O–H groups in total. The number of carbonyl (C=O) groups is 2. The molecule has 0 aliphatic carbocycles. The van der Waals surface area contributed by atoms with Gasteiger partial charge in [-0.05, 0) is 35.1 Å². The van der Waals surface area contributed by atoms with Crippen LogP contribution in [0.4, 0.5) is 5.82 Å². The molecule has 0 saturated carbocycles. The second kappa shape index (κ2) is 8.21. The van der Waals surface area contributed by atoms with E-state index >= 15 is 0 Å². The highest BCUT2D eigenvalue weighted by atomic mass is 79.9. The number of pyridine rings is 1. The summed E-state index contributed by atoms with van der Waals surface area (Å²) >= 11 is 3.28. The average molecular weight is 371 g/mol. The van der Waals surface area contributed by atoms with Gasteiger partial charge >= 0.3 is 0 Å². The monoisotopic (exact) mass is 370 g/mol. The molecule has 120 valence electrons. The van der Waals surface area contributed by atoms with Crippen molar-refractivity contribution in [2.75, 3.05) is 51.8 Å². The third-order valence-electron chi connectivity index (χ3n) is 3.18. The van der Waals surface area contributed by atoms with Crippen LogP contribution in [-0.4, -0.2) is 73.0 Å². The van der Waals surface area contributed by atoms with Gasteiger partial charge in [0.1, 0.15) is 5.82 Å². The number of nitrogens with zero attached hydrogens (tertiary/aromatic N) is 3. The highest BCUT2D eigenvalue weighted by Gasteiger charge is 2.19. The molecule has 1 saturated heterocycles. The number of carbonyl (C=O) groups excluding carboxylic acids is 2. The molecule has 2 rings (SSSR count). The minimum atomic E-state index is -0.202. The Kier molecular flexibility index (Phi) is 6.29. The molecule has 2 heterocycles. The fourth-order valence-electron chi connectivity index (χ4n) is 2.08. The minimum absolute atomic E-state index is 0.0142. The lowest BCUT2D eigenvalue weighted by molar-refractivity contribution is -0.136. The summed E-state index contributed by atoms with van der Waals surface area (Å²) in [6.07, 6.45) is 1.61. The summed E-state index contributed by atoms with van der Waals surface area (Å²) in [5.41, 5.74) is 0. The Morgan fingerprint density at radius 2 is 2.09 bits per heavy atom. The van der Waals surface area contributed by atoms with Crippen molar-refractivity contribution in [3.63, 3.8) is 0 Å². The van der Waals surface area contributed by atoms with Crippen LogP contribution in [0.1, 0.15) is 0 Å². The molecule has 0 radical (unpaired) electrons. The molecule has 0 atom stereocenters. The molecular weight excluding hydrogens is 352 g/mol. The Morgan fingerprint density at radius 3 is 2.73 bits per heavy atom. The predicted octanol–water partition coefficient (Wildman–Crippen LogP) is 0.573. The summed E-state index contributed by atoms with van der Waals surface area (Å²) in [7, 11) is 1.74. The standard InChI is InChI=1S/C14H19BrN4O3/c1-18(10-14(21)19-4-6-22-7-5-19)9-13(20)17-12-3-2-11(15)8-16-12/h2-3,8H,4-7,9-10H2,1H3,(H,16,17,20). The molecule has 0 spiro atoms. The first-order valence-electron chi connectivity index (χ1n) is 7.00. The van der Waals surface area contributed by atoms with E-state index in [2.05, 4.69) is 26.2 Å². The van der Waals surface area contributed by atoms with Gasteiger partial charge < -0.3 is 15.0 Å². The van der Waals surface area contributed by atoms with Crippen molar-refractivity contribution < 1.29 is 14.3 Å². The number of hydrogen-bond donors (Lipinski definition) is 1. The lowest BCUT2D eigenvalue weighted by Crippen LogP contribution is -2.46. The van der Waals surface area contributed by atoms with Gasteiger partial charge in [0, 0.05) is 23.8 Å². The molecule has 22 heavy (non-hydrogen) atoms. The molecule has 0 bridgehead atoms. The molecule has 1 fully saturated rings. The fraction of sp³-hybridized carbons (Fsp3) is 0.500. The van der Waals surface area contributed by atoms with Gasteiger partial charge in [0.2, 0.25) is 11.8 Å². The smallest absolute Gasteiger partial charge is 0.239 e. The quantitative estimate of drug-likeness (QED) is 0.820. The first-order valence-corrected chi connectivity index (χ1v) is 7.79. The second-order valence-corrected chi connectivity index (χ2v) is 5.99. The molecule has 7 nitrogen and oxygen atoms in total. The van der Waals surface area contributed by atoms with E-state index in [1.54, 1.807) is 35.2 Å². The fourth-order valence-corrected chi connectivity index (χ4v) is 2.31. The van der Waals surface area contributed by atoms with E-state index in [1.165, 1.54) is 0 Å². The summed E-state index contributed by atoms with van der Waals surface area (Å²) in [6.45, 7) is 2.72. The molecule has 8 heteroatoms. The molecule has 1 aliphatic rings. The summed E-state index contributed by atoms with van der Waals surface area (Å²) in [5.74, 6) is 0.300. The van der Waals surface area contributed by atoms with Gasteiger partial charge in [-0.2, -0.15) is 0 Å². The second-order valence-electron chi connectivity index (χ2n) is 5.08. The lowest BCUT2D eigenvalue weighted by Gasteiger charge is -2.28. The van der Waals surface area contributed by atoms with E-state index in [9.17, 15) is 9.59 Å². The molecule has 0 aromatic carbocycles. The van der Waals surface area contributed by atoms with E-state index in [0.717, 1.165) is 4.47 Å². The van der Waals surface area contributed by atoms with E-state index < -0.39 is 0 Å². The summed E-state index contributed by atoms with van der Waals surface area (Å²) in [4.78, 5) is 31.5. The Labute approximate surface area is 137 Å². The van der Waals surface area contributed by atoms with Gasteiger partial charge in [-0.25, -0.2) is 4.98 Å². The highest BCUT2D eigenvalue weighted by Crippen LogP contribution is 2.10. The average Bonchev–Trinajstić information content (AvgIpc) is 2.50. The lowest BCUT2D eigenvalue weighted by atomic mass is 10.3. The topological polar surface area (TPSA) is 74.8 Å². The third kappa shape index (κ3) is 5.36. The molecular formula is C14H19BrN4O3. The number of ether oxygens (including phenoxy) is 1. The zero-order valence-corrected chi connectivity index (χ0v) is 14.0. The van der Waals surface area contributed by atoms with Gasteiger partial charge in [0.05, 0.1) is 26.3 Å². The van der Waals surface area contributed by atoms with Crippen LogP contribution in [0.5, 0.6) is 0 Å². The van der Waals surface area contributed by atoms with Crippen LogP contribution < -0.4 is 5.32 Å². The summed E-state index contributed by atoms with van der Waals surface area (Å²) in [6, 6.07) is 3.51. The molecule has 1 aromatic rings. The first-order chi connectivity index (χ1) is 10.5. The zero-order valence-electron chi connectivity index (χ0n) is 12.4. The van der Waals surface area contributed by atoms with Crippen molar-refractivity contribution in [2.24, 2.45) is 0 Å². The maximum atomic E-state index is 12.1. The number of aromatic nitrogens is 1. The van der Waals surface area contributed by atoms with Crippen molar-refractivity contribution in [1.82, 2.24) is 14.8 Å². The molecule has 2 amide bonds. The number of likely N-dealkylation sites (N-methyl/N-ethyl adjacent to an activating group) is 1. The number of morpholine rings is 1. The maximum absolute atomic E-state index is 12.1. The van der Waals surface area contributed by atoms with Gasteiger partial charge in [-0.3, -0.25) is 14.5 Å². The number of hydrogen-bond acceptors (Lipinski definition) is 5. The number of nitrogens with one attached hydrogen (secondary N) is 1. The minimum Gasteiger partial charge on any atom is -0.378 e. The first kappa shape index (κ1) is 16.9. The van der Waals surface area contributed by atoms with Crippen molar-refractivity contribution in [3.8, 4) is 0 Å². The van der Waals surface area contributed by atoms with Crippen molar-refractivity contribution >= 4 is 33.6 Å². The third-order valence-corrected chi connectivity index (χ3v) is 3.65. The predicted molar refractivity (Wildman–Crippen MR) is 85.5 cm³/mol. The molecule has 1 aliphatic heterocycles. The SMILES string of the molecule is CN(CC(=O)Nc1ccc(Br)cn1)CC(=O)N1CCOCC1. The van der Waals surface area contributed by atoms with E-state index in [-0.39, 0.29) is 24.9 Å². The Balaban J connectivity index is 1.75. The number of rotatable bonds is 5. The molecule has 1 aromatic heterocycles. The van der Waals surface area contributed by atoms with Crippen LogP contribution in [0.15, 0.2) is 22.8 Å². The maximum Gasteiger partial charge on any atom is 0.239 e. The Bertz CT molecular complexity index is 517. The van der Waals surface area contributed by atoms with Crippen LogP contribution in [-0.2, 0) is 14.3 Å². The van der Waals surface area contributed by atoms with Crippen LogP contribution in [0.3, 0.4) is 0 Å². The van der Waals surface area contributed by atoms with Crippen LogP contribution in [0.2, 0.25) is 0 Å². The van der Waals surface area contributed by atoms with Gasteiger partial charge in [-0.1, -0.05) is 0 Å². The van der Waals surface area contributed by atoms with Gasteiger partial charge in [0.15, 0.2) is 0 Å². The highest BCUT2D eigenvalue weighted by molar-refractivity contribution is 9.10. The normalized spacial score (nSPS) is 15.0. The zero-order chi connectivity index (χ0) is 15.9. The Morgan fingerprint density at radius 1 is 1.36 bits per heavy atom. The largest absolute Gasteiger partial charge is 0.378 e. The molecule has 0 unspecified atom stereocenters. The van der Waals surface area contributed by atoms with Crippen molar-refractivity contribution in [3.05, 3.63) is 22.8 Å². The van der Waals surface area contributed by atoms with E-state index in [4.69, 9.17) is 4.74 Å².